The van der Waals surface area contributed by atoms with Crippen LogP contribution in [0.3, 0.4) is 0 Å². The van der Waals surface area contributed by atoms with Crippen molar-refractivity contribution >= 4 is 11.8 Å². The van der Waals surface area contributed by atoms with Gasteiger partial charge in [0.1, 0.15) is 5.78 Å². The molecule has 1 aliphatic carbocycles. The lowest BCUT2D eigenvalue weighted by atomic mass is 9.87. The van der Waals surface area contributed by atoms with Gasteiger partial charge in [0.2, 0.25) is 0 Å². The summed E-state index contributed by atoms with van der Waals surface area (Å²) in [4.78, 5) is 23.1. The van der Waals surface area contributed by atoms with Gasteiger partial charge in [0.25, 0.3) is 0 Å². The minimum atomic E-state index is -0.947. The van der Waals surface area contributed by atoms with E-state index in [1.807, 2.05) is 0 Å². The zero-order valence-corrected chi connectivity index (χ0v) is 9.69. The SMILES string of the molecule is O=C(O)c1ccccc1C1CCCCCC1=O. The van der Waals surface area contributed by atoms with Gasteiger partial charge in [-0.2, -0.15) is 0 Å². The summed E-state index contributed by atoms with van der Waals surface area (Å²) in [6.07, 6.45) is 4.37. The van der Waals surface area contributed by atoms with Crippen molar-refractivity contribution in [1.82, 2.24) is 0 Å². The smallest absolute Gasteiger partial charge is 0.335 e. The molecule has 17 heavy (non-hydrogen) atoms. The Morgan fingerprint density at radius 1 is 1.18 bits per heavy atom. The molecule has 0 aliphatic heterocycles. The van der Waals surface area contributed by atoms with Crippen molar-refractivity contribution < 1.29 is 14.7 Å². The van der Waals surface area contributed by atoms with E-state index in [1.54, 1.807) is 24.3 Å². The molecule has 0 saturated heterocycles. The number of Topliss-reactive ketones (excluding diaryl/α,β-unsaturated/α-hetero) is 1. The Kier molecular flexibility index (Phi) is 3.57. The third-order valence-electron chi connectivity index (χ3n) is 3.37. The molecule has 1 N–H and O–H groups in total. The van der Waals surface area contributed by atoms with Crippen LogP contribution >= 0.6 is 0 Å². The Labute approximate surface area is 100 Å². The molecule has 1 aliphatic rings. The number of carbonyl (C=O) groups is 2. The molecule has 0 amide bonds. The first-order valence-electron chi connectivity index (χ1n) is 6.05. The number of aromatic carboxylic acids is 1. The molecular weight excluding hydrogens is 216 g/mol. The molecule has 0 radical (unpaired) electrons. The molecule has 1 atom stereocenters. The lowest BCUT2D eigenvalue weighted by Gasteiger charge is -2.15. The van der Waals surface area contributed by atoms with Gasteiger partial charge in [0, 0.05) is 12.3 Å². The van der Waals surface area contributed by atoms with E-state index in [-0.39, 0.29) is 17.3 Å². The number of hydrogen-bond donors (Lipinski definition) is 1. The average Bonchev–Trinajstić information content (AvgIpc) is 2.54. The van der Waals surface area contributed by atoms with Crippen molar-refractivity contribution in [3.05, 3.63) is 35.4 Å². The molecule has 0 aromatic heterocycles. The number of carbonyl (C=O) groups excluding carboxylic acids is 1. The summed E-state index contributed by atoms with van der Waals surface area (Å²) >= 11 is 0. The largest absolute Gasteiger partial charge is 0.478 e. The number of ketones is 1. The normalized spacial score (nSPS) is 20.9. The van der Waals surface area contributed by atoms with Crippen molar-refractivity contribution in [3.63, 3.8) is 0 Å². The first kappa shape index (κ1) is 11.8. The first-order chi connectivity index (χ1) is 8.20. The monoisotopic (exact) mass is 232 g/mol. The molecule has 0 heterocycles. The van der Waals surface area contributed by atoms with Gasteiger partial charge in [0.15, 0.2) is 0 Å². The van der Waals surface area contributed by atoms with Gasteiger partial charge in [-0.15, -0.1) is 0 Å². The predicted octanol–water partition coefficient (Wildman–Crippen LogP) is 3.00. The molecule has 1 saturated carbocycles. The van der Waals surface area contributed by atoms with E-state index in [1.165, 1.54) is 0 Å². The maximum atomic E-state index is 12.0. The Morgan fingerprint density at radius 3 is 2.71 bits per heavy atom. The summed E-state index contributed by atoms with van der Waals surface area (Å²) in [5, 5.41) is 9.14. The fourth-order valence-electron chi connectivity index (χ4n) is 2.48. The standard InChI is InChI=1S/C14H16O3/c15-13-9-3-1-2-7-11(13)10-6-4-5-8-12(10)14(16)17/h4-6,8,11H,1-3,7,9H2,(H,16,17). The summed E-state index contributed by atoms with van der Waals surface area (Å²) in [7, 11) is 0. The number of hydrogen-bond acceptors (Lipinski definition) is 2. The third-order valence-corrected chi connectivity index (χ3v) is 3.37. The predicted molar refractivity (Wildman–Crippen MR) is 64.2 cm³/mol. The zero-order chi connectivity index (χ0) is 12.3. The van der Waals surface area contributed by atoms with Gasteiger partial charge in [-0.1, -0.05) is 31.0 Å². The van der Waals surface area contributed by atoms with Gasteiger partial charge in [0.05, 0.1) is 5.56 Å². The van der Waals surface area contributed by atoms with Crippen molar-refractivity contribution in [2.45, 2.75) is 38.0 Å². The number of carboxylic acid groups (broad SMARTS) is 1. The Balaban J connectivity index is 2.37. The molecule has 3 heteroatoms. The fourth-order valence-corrected chi connectivity index (χ4v) is 2.48. The van der Waals surface area contributed by atoms with Crippen LogP contribution in [0.15, 0.2) is 24.3 Å². The molecule has 3 nitrogen and oxygen atoms in total. The molecule has 90 valence electrons. The lowest BCUT2D eigenvalue weighted by molar-refractivity contribution is -0.120. The molecule has 1 aromatic carbocycles. The molecule has 1 aromatic rings. The van der Waals surface area contributed by atoms with Crippen LogP contribution in [-0.2, 0) is 4.79 Å². The molecular formula is C14H16O3. The van der Waals surface area contributed by atoms with Crippen molar-refractivity contribution in [2.75, 3.05) is 0 Å². The van der Waals surface area contributed by atoms with Crippen molar-refractivity contribution in [3.8, 4) is 0 Å². The Hall–Kier alpha value is -1.64. The maximum Gasteiger partial charge on any atom is 0.335 e. The second-order valence-corrected chi connectivity index (χ2v) is 4.51. The van der Waals surface area contributed by atoms with Gasteiger partial charge in [-0.25, -0.2) is 4.79 Å². The first-order valence-corrected chi connectivity index (χ1v) is 6.05. The molecule has 0 spiro atoms. The van der Waals surface area contributed by atoms with Crippen LogP contribution in [0, 0.1) is 0 Å². The second-order valence-electron chi connectivity index (χ2n) is 4.51. The number of rotatable bonds is 2. The van der Waals surface area contributed by atoms with Crippen molar-refractivity contribution in [2.24, 2.45) is 0 Å². The minimum Gasteiger partial charge on any atom is -0.478 e. The highest BCUT2D eigenvalue weighted by atomic mass is 16.4. The van der Waals surface area contributed by atoms with E-state index in [4.69, 9.17) is 5.11 Å². The van der Waals surface area contributed by atoms with Crippen LogP contribution in [0.1, 0.15) is 53.9 Å². The average molecular weight is 232 g/mol. The third kappa shape index (κ3) is 2.54. The summed E-state index contributed by atoms with van der Waals surface area (Å²) in [6, 6.07) is 6.86. The summed E-state index contributed by atoms with van der Waals surface area (Å²) < 4.78 is 0. The van der Waals surface area contributed by atoms with E-state index in [2.05, 4.69) is 0 Å². The summed E-state index contributed by atoms with van der Waals surface area (Å²) in [6.45, 7) is 0. The van der Waals surface area contributed by atoms with E-state index in [9.17, 15) is 9.59 Å². The van der Waals surface area contributed by atoms with Crippen molar-refractivity contribution in [1.29, 1.82) is 0 Å². The lowest BCUT2D eigenvalue weighted by Crippen LogP contribution is -2.14. The van der Waals surface area contributed by atoms with Crippen LogP contribution in [-0.4, -0.2) is 16.9 Å². The maximum absolute atomic E-state index is 12.0. The topological polar surface area (TPSA) is 54.4 Å². The highest BCUT2D eigenvalue weighted by Crippen LogP contribution is 2.31. The molecule has 2 rings (SSSR count). The van der Waals surface area contributed by atoms with Gasteiger partial charge >= 0.3 is 5.97 Å². The van der Waals surface area contributed by atoms with Crippen LogP contribution in [0.4, 0.5) is 0 Å². The Morgan fingerprint density at radius 2 is 1.94 bits per heavy atom. The van der Waals surface area contributed by atoms with E-state index < -0.39 is 5.97 Å². The number of benzene rings is 1. The van der Waals surface area contributed by atoms with E-state index >= 15 is 0 Å². The van der Waals surface area contributed by atoms with Gasteiger partial charge < -0.3 is 5.11 Å². The second kappa shape index (κ2) is 5.13. The molecule has 1 unspecified atom stereocenters. The molecule has 0 bridgehead atoms. The van der Waals surface area contributed by atoms with E-state index in [0.29, 0.717) is 12.0 Å². The summed E-state index contributed by atoms with van der Waals surface area (Å²) in [5.74, 6) is -0.973. The van der Waals surface area contributed by atoms with Gasteiger partial charge in [-0.3, -0.25) is 4.79 Å². The zero-order valence-electron chi connectivity index (χ0n) is 9.69. The summed E-state index contributed by atoms with van der Waals surface area (Å²) in [5.41, 5.74) is 0.958. The quantitative estimate of drug-likeness (QED) is 0.797. The number of carboxylic acids is 1. The van der Waals surface area contributed by atoms with Crippen LogP contribution in [0.5, 0.6) is 0 Å². The molecule has 1 fully saturated rings. The fraction of sp³-hybridized carbons (Fsp3) is 0.429. The highest BCUT2D eigenvalue weighted by Gasteiger charge is 2.25. The van der Waals surface area contributed by atoms with Gasteiger partial charge in [-0.05, 0) is 24.5 Å². The van der Waals surface area contributed by atoms with E-state index in [0.717, 1.165) is 25.7 Å². The van der Waals surface area contributed by atoms with Crippen LogP contribution in [0.2, 0.25) is 0 Å². The highest BCUT2D eigenvalue weighted by molar-refractivity contribution is 5.94. The minimum absolute atomic E-state index is 0.191. The van der Waals surface area contributed by atoms with Crippen LogP contribution < -0.4 is 0 Å². The van der Waals surface area contributed by atoms with Crippen LogP contribution in [0.25, 0.3) is 0 Å². The Bertz CT molecular complexity index is 437.